The van der Waals surface area contributed by atoms with E-state index in [0.29, 0.717) is 11.9 Å². The fourth-order valence-corrected chi connectivity index (χ4v) is 1.91. The van der Waals surface area contributed by atoms with E-state index in [2.05, 4.69) is 20.9 Å². The van der Waals surface area contributed by atoms with Crippen molar-refractivity contribution in [2.75, 3.05) is 16.8 Å². The number of hydrogen-bond acceptors (Lipinski definition) is 2. The molecule has 0 unspecified atom stereocenters. The average molecular weight is 259 g/mol. The molecule has 0 radical (unpaired) electrons. The van der Waals surface area contributed by atoms with Gasteiger partial charge < -0.3 is 4.90 Å². The highest BCUT2D eigenvalue weighted by Crippen LogP contribution is 2.31. The van der Waals surface area contributed by atoms with Crippen LogP contribution in [0.25, 0.3) is 0 Å². The molecule has 1 saturated carbocycles. The van der Waals surface area contributed by atoms with Crippen molar-refractivity contribution in [3.8, 4) is 0 Å². The van der Waals surface area contributed by atoms with E-state index in [0.717, 1.165) is 24.7 Å². The highest BCUT2D eigenvalue weighted by molar-refractivity contribution is 9.09. The Kier molecular flexibility index (Phi) is 3.01. The summed E-state index contributed by atoms with van der Waals surface area (Å²) in [4.78, 5) is 6.13. The molecule has 1 aliphatic rings. The Hall–Kier alpha value is -0.640. The van der Waals surface area contributed by atoms with Crippen LogP contribution in [-0.2, 0) is 0 Å². The van der Waals surface area contributed by atoms with E-state index in [4.69, 9.17) is 0 Å². The van der Waals surface area contributed by atoms with Gasteiger partial charge in [-0.05, 0) is 25.0 Å². The fourth-order valence-electron chi connectivity index (χ4n) is 1.53. The second kappa shape index (κ2) is 4.26. The third kappa shape index (κ3) is 2.05. The molecule has 1 aromatic rings. The molecular formula is C10H12BrFN2. The Morgan fingerprint density at radius 3 is 2.93 bits per heavy atom. The van der Waals surface area contributed by atoms with Gasteiger partial charge in [-0.25, -0.2) is 9.37 Å². The summed E-state index contributed by atoms with van der Waals surface area (Å²) in [5.41, 5.74) is 0. The van der Waals surface area contributed by atoms with Crippen molar-refractivity contribution in [2.24, 2.45) is 0 Å². The Morgan fingerprint density at radius 2 is 2.36 bits per heavy atom. The van der Waals surface area contributed by atoms with E-state index >= 15 is 0 Å². The van der Waals surface area contributed by atoms with Crippen molar-refractivity contribution in [1.29, 1.82) is 0 Å². The first-order valence-electron chi connectivity index (χ1n) is 4.76. The summed E-state index contributed by atoms with van der Waals surface area (Å²) in [6, 6.07) is 3.58. The SMILES string of the molecule is Fc1cccnc1N(CCBr)C1CC1. The first-order chi connectivity index (χ1) is 6.83. The van der Waals surface area contributed by atoms with Gasteiger partial charge in [0.2, 0.25) is 0 Å². The summed E-state index contributed by atoms with van der Waals surface area (Å²) in [6.45, 7) is 0.818. The van der Waals surface area contributed by atoms with Crippen LogP contribution in [0, 0.1) is 5.82 Å². The average Bonchev–Trinajstić information content (AvgIpc) is 2.99. The van der Waals surface area contributed by atoms with Gasteiger partial charge in [-0.3, -0.25) is 0 Å². The lowest BCUT2D eigenvalue weighted by atomic mass is 10.4. The predicted octanol–water partition coefficient (Wildman–Crippen LogP) is 2.58. The van der Waals surface area contributed by atoms with Crippen molar-refractivity contribution in [2.45, 2.75) is 18.9 Å². The van der Waals surface area contributed by atoms with Crippen LogP contribution in [-0.4, -0.2) is 22.9 Å². The summed E-state index contributed by atoms with van der Waals surface area (Å²) in [6.07, 6.45) is 3.95. The van der Waals surface area contributed by atoms with E-state index in [-0.39, 0.29) is 5.82 Å². The number of alkyl halides is 1. The lowest BCUT2D eigenvalue weighted by molar-refractivity contribution is 0.609. The first kappa shape index (κ1) is 9.90. The van der Waals surface area contributed by atoms with Crippen molar-refractivity contribution in [1.82, 2.24) is 4.98 Å². The van der Waals surface area contributed by atoms with Gasteiger partial charge in [0, 0.05) is 24.1 Å². The van der Waals surface area contributed by atoms with Crippen molar-refractivity contribution in [3.05, 3.63) is 24.1 Å². The van der Waals surface area contributed by atoms with Gasteiger partial charge >= 0.3 is 0 Å². The minimum atomic E-state index is -0.222. The fraction of sp³-hybridized carbons (Fsp3) is 0.500. The quantitative estimate of drug-likeness (QED) is 0.772. The summed E-state index contributed by atoms with van der Waals surface area (Å²) in [5.74, 6) is 0.273. The summed E-state index contributed by atoms with van der Waals surface area (Å²) in [5, 5.41) is 0.847. The van der Waals surface area contributed by atoms with Crippen LogP contribution in [0.5, 0.6) is 0 Å². The zero-order chi connectivity index (χ0) is 9.97. The van der Waals surface area contributed by atoms with Crippen LogP contribution < -0.4 is 4.90 Å². The highest BCUT2D eigenvalue weighted by atomic mass is 79.9. The van der Waals surface area contributed by atoms with E-state index in [1.54, 1.807) is 12.3 Å². The summed E-state index contributed by atoms with van der Waals surface area (Å²) in [7, 11) is 0. The zero-order valence-electron chi connectivity index (χ0n) is 7.79. The number of nitrogens with zero attached hydrogens (tertiary/aromatic N) is 2. The molecule has 0 saturated heterocycles. The van der Waals surface area contributed by atoms with Gasteiger partial charge in [0.05, 0.1) is 0 Å². The van der Waals surface area contributed by atoms with E-state index in [1.165, 1.54) is 6.07 Å². The maximum absolute atomic E-state index is 13.4. The molecule has 0 spiro atoms. The van der Waals surface area contributed by atoms with E-state index in [1.807, 2.05) is 4.90 Å². The third-order valence-corrected chi connectivity index (χ3v) is 2.68. The standard InChI is InChI=1S/C10H12BrFN2/c11-5-7-14(8-3-4-8)10-9(12)2-1-6-13-10/h1-2,6,8H,3-5,7H2. The Balaban J connectivity index is 2.21. The molecule has 4 heteroatoms. The van der Waals surface area contributed by atoms with E-state index < -0.39 is 0 Å². The largest absolute Gasteiger partial charge is 0.350 e. The molecule has 2 nitrogen and oxygen atoms in total. The third-order valence-electron chi connectivity index (χ3n) is 2.32. The summed E-state index contributed by atoms with van der Waals surface area (Å²) >= 11 is 3.38. The molecule has 0 amide bonds. The molecule has 1 aromatic heterocycles. The maximum Gasteiger partial charge on any atom is 0.165 e. The Morgan fingerprint density at radius 1 is 1.57 bits per heavy atom. The molecule has 0 aliphatic heterocycles. The van der Waals surface area contributed by atoms with Crippen LogP contribution in [0.3, 0.4) is 0 Å². The van der Waals surface area contributed by atoms with Gasteiger partial charge in [-0.15, -0.1) is 0 Å². The predicted molar refractivity (Wildman–Crippen MR) is 58.4 cm³/mol. The topological polar surface area (TPSA) is 16.1 Å². The smallest absolute Gasteiger partial charge is 0.165 e. The zero-order valence-corrected chi connectivity index (χ0v) is 9.37. The number of rotatable bonds is 4. The molecular weight excluding hydrogens is 247 g/mol. The van der Waals surface area contributed by atoms with Crippen LogP contribution in [0.1, 0.15) is 12.8 Å². The van der Waals surface area contributed by atoms with Crippen LogP contribution in [0.4, 0.5) is 10.2 Å². The number of halogens is 2. The lowest BCUT2D eigenvalue weighted by Crippen LogP contribution is -2.29. The number of aromatic nitrogens is 1. The monoisotopic (exact) mass is 258 g/mol. The van der Waals surface area contributed by atoms with E-state index in [9.17, 15) is 4.39 Å². The van der Waals surface area contributed by atoms with Crippen molar-refractivity contribution in [3.63, 3.8) is 0 Å². The summed E-state index contributed by atoms with van der Waals surface area (Å²) < 4.78 is 13.4. The molecule has 0 bridgehead atoms. The molecule has 2 rings (SSSR count). The number of anilines is 1. The van der Waals surface area contributed by atoms with Crippen LogP contribution in [0.2, 0.25) is 0 Å². The number of pyridine rings is 1. The van der Waals surface area contributed by atoms with Crippen molar-refractivity contribution < 1.29 is 4.39 Å². The molecule has 0 N–H and O–H groups in total. The second-order valence-corrected chi connectivity index (χ2v) is 4.22. The number of hydrogen-bond donors (Lipinski definition) is 0. The van der Waals surface area contributed by atoms with Crippen LogP contribution >= 0.6 is 15.9 Å². The molecule has 1 heterocycles. The van der Waals surface area contributed by atoms with Gasteiger partial charge in [0.1, 0.15) is 0 Å². The molecule has 1 aliphatic carbocycles. The lowest BCUT2D eigenvalue weighted by Gasteiger charge is -2.22. The van der Waals surface area contributed by atoms with Gasteiger partial charge in [-0.2, -0.15) is 0 Å². The van der Waals surface area contributed by atoms with Crippen LogP contribution in [0.15, 0.2) is 18.3 Å². The van der Waals surface area contributed by atoms with Gasteiger partial charge in [-0.1, -0.05) is 15.9 Å². The minimum Gasteiger partial charge on any atom is -0.350 e. The van der Waals surface area contributed by atoms with Gasteiger partial charge in [0.15, 0.2) is 11.6 Å². The first-order valence-corrected chi connectivity index (χ1v) is 5.88. The molecule has 76 valence electrons. The minimum absolute atomic E-state index is 0.222. The maximum atomic E-state index is 13.4. The molecule has 0 aromatic carbocycles. The van der Waals surface area contributed by atoms with Gasteiger partial charge in [0.25, 0.3) is 0 Å². The Bertz CT molecular complexity index is 315. The normalized spacial score (nSPS) is 15.6. The molecule has 14 heavy (non-hydrogen) atoms. The second-order valence-electron chi connectivity index (χ2n) is 3.42. The van der Waals surface area contributed by atoms with Crippen molar-refractivity contribution >= 4 is 21.7 Å². The molecule has 1 fully saturated rings. The molecule has 0 atom stereocenters. The Labute approximate surface area is 91.3 Å². The highest BCUT2D eigenvalue weighted by Gasteiger charge is 2.30.